The van der Waals surface area contributed by atoms with Gasteiger partial charge in [0.1, 0.15) is 6.04 Å². The molecule has 0 heterocycles. The van der Waals surface area contributed by atoms with Gasteiger partial charge in [0.25, 0.3) is 0 Å². The zero-order chi connectivity index (χ0) is 18.7. The number of nitrogen functional groups attached to an aromatic ring is 1. The molecular formula is C19H18N2O4S. The van der Waals surface area contributed by atoms with Gasteiger partial charge in [-0.1, -0.05) is 42.5 Å². The number of benzene rings is 3. The lowest BCUT2D eigenvalue weighted by Crippen LogP contribution is -2.42. The molecule has 3 aromatic rings. The number of nitrogens with two attached hydrogens (primary N) is 1. The van der Waals surface area contributed by atoms with Crippen LogP contribution in [-0.4, -0.2) is 25.5 Å². The van der Waals surface area contributed by atoms with Crippen LogP contribution in [0, 0.1) is 0 Å². The largest absolute Gasteiger partial charge is 0.480 e. The molecule has 7 heteroatoms. The molecule has 0 saturated heterocycles. The van der Waals surface area contributed by atoms with E-state index in [2.05, 4.69) is 4.72 Å². The second-order valence-corrected chi connectivity index (χ2v) is 7.68. The highest BCUT2D eigenvalue weighted by Crippen LogP contribution is 2.19. The topological polar surface area (TPSA) is 109 Å². The first-order valence-corrected chi connectivity index (χ1v) is 9.42. The fourth-order valence-corrected chi connectivity index (χ4v) is 3.95. The first kappa shape index (κ1) is 17.9. The highest BCUT2D eigenvalue weighted by Gasteiger charge is 2.26. The van der Waals surface area contributed by atoms with Gasteiger partial charge in [0.05, 0.1) is 4.90 Å². The lowest BCUT2D eigenvalue weighted by Gasteiger charge is -2.15. The molecule has 1 atom stereocenters. The van der Waals surface area contributed by atoms with Gasteiger partial charge in [-0.2, -0.15) is 4.72 Å². The van der Waals surface area contributed by atoms with Crippen molar-refractivity contribution < 1.29 is 18.3 Å². The van der Waals surface area contributed by atoms with E-state index in [4.69, 9.17) is 5.73 Å². The molecule has 134 valence electrons. The highest BCUT2D eigenvalue weighted by molar-refractivity contribution is 7.89. The van der Waals surface area contributed by atoms with Gasteiger partial charge in [0.15, 0.2) is 0 Å². The van der Waals surface area contributed by atoms with E-state index in [0.29, 0.717) is 11.3 Å². The van der Waals surface area contributed by atoms with Gasteiger partial charge >= 0.3 is 5.97 Å². The Morgan fingerprint density at radius 3 is 2.42 bits per heavy atom. The van der Waals surface area contributed by atoms with Crippen molar-refractivity contribution in [1.29, 1.82) is 0 Å². The smallest absolute Gasteiger partial charge is 0.322 e. The predicted octanol–water partition coefficient (Wildman–Crippen LogP) is 2.40. The molecule has 0 radical (unpaired) electrons. The van der Waals surface area contributed by atoms with E-state index in [-0.39, 0.29) is 11.3 Å². The summed E-state index contributed by atoms with van der Waals surface area (Å²) in [5.41, 5.74) is 6.82. The Morgan fingerprint density at radius 2 is 1.73 bits per heavy atom. The number of nitrogens with one attached hydrogen (secondary N) is 1. The first-order chi connectivity index (χ1) is 12.3. The van der Waals surface area contributed by atoms with Gasteiger partial charge in [0, 0.05) is 5.69 Å². The minimum atomic E-state index is -3.99. The lowest BCUT2D eigenvalue weighted by molar-refractivity contribution is -0.138. The maximum atomic E-state index is 12.6. The minimum absolute atomic E-state index is 0.00676. The third kappa shape index (κ3) is 4.01. The third-order valence-electron chi connectivity index (χ3n) is 4.02. The van der Waals surface area contributed by atoms with Crippen LogP contribution in [0.3, 0.4) is 0 Å². The van der Waals surface area contributed by atoms with Crippen LogP contribution in [0.1, 0.15) is 5.56 Å². The molecule has 0 amide bonds. The summed E-state index contributed by atoms with van der Waals surface area (Å²) in [6.45, 7) is 0. The Hall–Kier alpha value is -2.90. The number of aliphatic carboxylic acids is 1. The van der Waals surface area contributed by atoms with Crippen LogP contribution >= 0.6 is 0 Å². The van der Waals surface area contributed by atoms with E-state index in [1.807, 2.05) is 18.2 Å². The zero-order valence-electron chi connectivity index (χ0n) is 13.8. The Morgan fingerprint density at radius 1 is 1.00 bits per heavy atom. The molecule has 0 aliphatic heterocycles. The van der Waals surface area contributed by atoms with Crippen molar-refractivity contribution in [2.45, 2.75) is 17.4 Å². The average molecular weight is 370 g/mol. The molecule has 0 fully saturated rings. The standard InChI is InChI=1S/C19H18N2O4S/c20-16-7-3-4-13(10-16)11-18(19(22)23)21-26(24,25)17-9-8-14-5-1-2-6-15(14)12-17/h1-10,12,18,21H,11,20H2,(H,22,23). The Kier molecular flexibility index (Phi) is 4.92. The Bertz CT molecular complexity index is 1060. The minimum Gasteiger partial charge on any atom is -0.480 e. The maximum absolute atomic E-state index is 12.6. The maximum Gasteiger partial charge on any atom is 0.322 e. The van der Waals surface area contributed by atoms with Crippen LogP contribution < -0.4 is 10.5 Å². The van der Waals surface area contributed by atoms with E-state index >= 15 is 0 Å². The summed E-state index contributed by atoms with van der Waals surface area (Å²) < 4.78 is 27.6. The molecule has 0 aromatic heterocycles. The molecular weight excluding hydrogens is 352 g/mol. The van der Waals surface area contributed by atoms with Crippen molar-refractivity contribution in [3.05, 3.63) is 72.3 Å². The lowest BCUT2D eigenvalue weighted by atomic mass is 10.1. The molecule has 0 aliphatic carbocycles. The Labute approximate surface area is 151 Å². The van der Waals surface area contributed by atoms with E-state index in [1.165, 1.54) is 12.1 Å². The first-order valence-electron chi connectivity index (χ1n) is 7.93. The molecule has 0 saturated carbocycles. The summed E-state index contributed by atoms with van der Waals surface area (Å²) in [5.74, 6) is -1.25. The second kappa shape index (κ2) is 7.15. The molecule has 6 nitrogen and oxygen atoms in total. The van der Waals surface area contributed by atoms with Crippen molar-refractivity contribution in [2.75, 3.05) is 5.73 Å². The number of hydrogen-bond acceptors (Lipinski definition) is 4. The van der Waals surface area contributed by atoms with Crippen LogP contribution in [0.4, 0.5) is 5.69 Å². The zero-order valence-corrected chi connectivity index (χ0v) is 14.6. The van der Waals surface area contributed by atoms with Gasteiger partial charge in [-0.25, -0.2) is 8.42 Å². The van der Waals surface area contributed by atoms with Gasteiger partial charge in [-0.05, 0) is 47.0 Å². The Balaban J connectivity index is 1.87. The number of hydrogen-bond donors (Lipinski definition) is 3. The van der Waals surface area contributed by atoms with E-state index < -0.39 is 22.0 Å². The van der Waals surface area contributed by atoms with Crippen LogP contribution in [0.15, 0.2) is 71.6 Å². The van der Waals surface area contributed by atoms with Crippen molar-refractivity contribution >= 4 is 32.5 Å². The fourth-order valence-electron chi connectivity index (χ4n) is 2.73. The number of rotatable bonds is 6. The SMILES string of the molecule is Nc1cccc(CC(NS(=O)(=O)c2ccc3ccccc3c2)C(=O)O)c1. The van der Waals surface area contributed by atoms with Crippen LogP contribution in [0.5, 0.6) is 0 Å². The third-order valence-corrected chi connectivity index (χ3v) is 5.49. The number of anilines is 1. The summed E-state index contributed by atoms with van der Waals surface area (Å²) in [6.07, 6.45) is -0.00676. The second-order valence-electron chi connectivity index (χ2n) is 5.97. The summed E-state index contributed by atoms with van der Waals surface area (Å²) in [4.78, 5) is 11.6. The molecule has 3 aromatic carbocycles. The number of fused-ring (bicyclic) bond motifs is 1. The highest BCUT2D eigenvalue weighted by atomic mass is 32.2. The van der Waals surface area contributed by atoms with Crippen molar-refractivity contribution in [3.63, 3.8) is 0 Å². The molecule has 0 spiro atoms. The molecule has 3 rings (SSSR count). The molecule has 0 bridgehead atoms. The van der Waals surface area contributed by atoms with Gasteiger partial charge in [-0.15, -0.1) is 0 Å². The van der Waals surface area contributed by atoms with E-state index in [0.717, 1.165) is 10.8 Å². The number of carboxylic acids is 1. The molecule has 1 unspecified atom stereocenters. The van der Waals surface area contributed by atoms with Crippen LogP contribution in [-0.2, 0) is 21.2 Å². The van der Waals surface area contributed by atoms with Crippen LogP contribution in [0.2, 0.25) is 0 Å². The molecule has 4 N–H and O–H groups in total. The number of carboxylic acid groups (broad SMARTS) is 1. The van der Waals surface area contributed by atoms with Crippen molar-refractivity contribution in [2.24, 2.45) is 0 Å². The van der Waals surface area contributed by atoms with E-state index in [9.17, 15) is 18.3 Å². The van der Waals surface area contributed by atoms with E-state index in [1.54, 1.807) is 36.4 Å². The fraction of sp³-hybridized carbons (Fsp3) is 0.105. The summed E-state index contributed by atoms with van der Waals surface area (Å²) in [6, 6.07) is 17.4. The molecule has 26 heavy (non-hydrogen) atoms. The normalized spacial score (nSPS) is 12.8. The quantitative estimate of drug-likeness (QED) is 0.577. The summed E-state index contributed by atoms with van der Waals surface area (Å²) >= 11 is 0. The van der Waals surface area contributed by atoms with Gasteiger partial charge < -0.3 is 10.8 Å². The number of sulfonamides is 1. The summed E-state index contributed by atoms with van der Waals surface area (Å²) in [7, 11) is -3.99. The predicted molar refractivity (Wildman–Crippen MR) is 100 cm³/mol. The average Bonchev–Trinajstić information content (AvgIpc) is 2.60. The molecule has 0 aliphatic rings. The van der Waals surface area contributed by atoms with Crippen LogP contribution in [0.25, 0.3) is 10.8 Å². The van der Waals surface area contributed by atoms with Gasteiger partial charge in [-0.3, -0.25) is 4.79 Å². The number of carbonyl (C=O) groups is 1. The monoisotopic (exact) mass is 370 g/mol. The van der Waals surface area contributed by atoms with Crippen molar-refractivity contribution in [3.8, 4) is 0 Å². The van der Waals surface area contributed by atoms with Crippen molar-refractivity contribution in [1.82, 2.24) is 4.72 Å². The summed E-state index contributed by atoms with van der Waals surface area (Å²) in [5, 5.41) is 11.1. The van der Waals surface area contributed by atoms with Gasteiger partial charge in [0.2, 0.25) is 10.0 Å².